The number of aromatic amines is 1. The Balaban J connectivity index is 1.83. The van der Waals surface area contributed by atoms with Gasteiger partial charge >= 0.3 is 0 Å². The lowest BCUT2D eigenvalue weighted by Crippen LogP contribution is -2.48. The number of rotatable bonds is 2. The normalized spacial score (nSPS) is 28.1. The van der Waals surface area contributed by atoms with Gasteiger partial charge in [-0.3, -0.25) is 9.89 Å². The number of nitrogens with one attached hydrogen (secondary N) is 2. The molecule has 1 aromatic rings. The smallest absolute Gasteiger partial charge is 0.293 e. The van der Waals surface area contributed by atoms with Crippen molar-refractivity contribution in [3.63, 3.8) is 0 Å². The number of carbonyl (C=O) groups is 1. The minimum atomic E-state index is -0.135. The van der Waals surface area contributed by atoms with Gasteiger partial charge in [-0.25, -0.2) is 4.98 Å². The third-order valence-corrected chi connectivity index (χ3v) is 4.85. The summed E-state index contributed by atoms with van der Waals surface area (Å²) in [6.45, 7) is 11.2. The van der Waals surface area contributed by atoms with E-state index in [1.807, 2.05) is 18.7 Å². The predicted octanol–water partition coefficient (Wildman–Crippen LogP) is 0.998. The maximum Gasteiger partial charge on any atom is 0.293 e. The second-order valence-corrected chi connectivity index (χ2v) is 6.79. The summed E-state index contributed by atoms with van der Waals surface area (Å²) in [7, 11) is 0. The second kappa shape index (κ2) is 4.55. The van der Waals surface area contributed by atoms with E-state index in [2.05, 4.69) is 34.3 Å². The van der Waals surface area contributed by atoms with Crippen molar-refractivity contribution in [1.29, 1.82) is 0 Å². The lowest BCUT2D eigenvalue weighted by molar-refractivity contribution is 0.0591. The molecule has 6 nitrogen and oxygen atoms in total. The Labute approximate surface area is 119 Å². The van der Waals surface area contributed by atoms with Gasteiger partial charge in [0, 0.05) is 31.1 Å². The van der Waals surface area contributed by atoms with E-state index in [1.165, 1.54) is 0 Å². The van der Waals surface area contributed by atoms with Gasteiger partial charge in [0.15, 0.2) is 0 Å². The number of carbonyl (C=O) groups excluding carboxylic acids is 1. The van der Waals surface area contributed by atoms with Crippen LogP contribution in [0.5, 0.6) is 0 Å². The number of hydrogen-bond donors (Lipinski definition) is 2. The molecule has 2 aliphatic heterocycles. The molecule has 20 heavy (non-hydrogen) atoms. The maximum atomic E-state index is 12.7. The molecule has 2 aliphatic rings. The third-order valence-electron chi connectivity index (χ3n) is 4.85. The SMILES string of the molecule is CC(C)c1nc(C(=O)N2CC3CNCC3C2(C)C)n[nH]1. The highest BCUT2D eigenvalue weighted by Gasteiger charge is 2.51. The summed E-state index contributed by atoms with van der Waals surface area (Å²) in [5, 5.41) is 10.4. The molecule has 2 saturated heterocycles. The van der Waals surface area contributed by atoms with Gasteiger partial charge in [-0.15, -0.1) is 5.10 Å². The first-order valence-electron chi connectivity index (χ1n) is 7.36. The van der Waals surface area contributed by atoms with Crippen molar-refractivity contribution in [2.75, 3.05) is 19.6 Å². The molecule has 3 heterocycles. The maximum absolute atomic E-state index is 12.7. The Morgan fingerprint density at radius 2 is 2.15 bits per heavy atom. The summed E-state index contributed by atoms with van der Waals surface area (Å²) in [6, 6.07) is 0. The molecular weight excluding hydrogens is 254 g/mol. The van der Waals surface area contributed by atoms with Crippen molar-refractivity contribution in [1.82, 2.24) is 25.4 Å². The standard InChI is InChI=1S/C14H23N5O/c1-8(2)11-16-12(18-17-11)13(20)19-7-9-5-15-6-10(9)14(19,3)4/h8-10,15H,5-7H2,1-4H3,(H,16,17,18). The highest BCUT2D eigenvalue weighted by molar-refractivity contribution is 5.91. The first-order valence-corrected chi connectivity index (χ1v) is 7.36. The number of likely N-dealkylation sites (tertiary alicyclic amines) is 1. The van der Waals surface area contributed by atoms with Gasteiger partial charge in [0.2, 0.25) is 5.82 Å². The highest BCUT2D eigenvalue weighted by atomic mass is 16.2. The number of nitrogens with zero attached hydrogens (tertiary/aromatic N) is 3. The quantitative estimate of drug-likeness (QED) is 0.845. The topological polar surface area (TPSA) is 73.9 Å². The van der Waals surface area contributed by atoms with Gasteiger partial charge in [0.05, 0.1) is 0 Å². The summed E-state index contributed by atoms with van der Waals surface area (Å²) in [4.78, 5) is 19.0. The molecule has 0 aromatic carbocycles. The van der Waals surface area contributed by atoms with Crippen LogP contribution in [0.25, 0.3) is 0 Å². The van der Waals surface area contributed by atoms with Crippen LogP contribution in [0.15, 0.2) is 0 Å². The molecule has 0 saturated carbocycles. The van der Waals surface area contributed by atoms with Gasteiger partial charge < -0.3 is 10.2 Å². The van der Waals surface area contributed by atoms with E-state index in [1.54, 1.807) is 0 Å². The Bertz CT molecular complexity index is 521. The Morgan fingerprint density at radius 1 is 1.40 bits per heavy atom. The van der Waals surface area contributed by atoms with Crippen molar-refractivity contribution in [3.05, 3.63) is 11.6 Å². The van der Waals surface area contributed by atoms with Crippen LogP contribution in [0.3, 0.4) is 0 Å². The van der Waals surface area contributed by atoms with Crippen LogP contribution < -0.4 is 5.32 Å². The highest BCUT2D eigenvalue weighted by Crippen LogP contribution is 2.41. The molecule has 0 bridgehead atoms. The molecule has 0 radical (unpaired) electrons. The second-order valence-electron chi connectivity index (χ2n) is 6.79. The molecule has 2 fully saturated rings. The van der Waals surface area contributed by atoms with Crippen molar-refractivity contribution >= 4 is 5.91 Å². The number of aromatic nitrogens is 3. The van der Waals surface area contributed by atoms with Crippen molar-refractivity contribution in [2.24, 2.45) is 11.8 Å². The molecule has 2 unspecified atom stereocenters. The monoisotopic (exact) mass is 277 g/mol. The van der Waals surface area contributed by atoms with Crippen LogP contribution >= 0.6 is 0 Å². The minimum Gasteiger partial charge on any atom is -0.330 e. The average molecular weight is 277 g/mol. The van der Waals surface area contributed by atoms with Crippen LogP contribution in [-0.2, 0) is 0 Å². The molecule has 3 rings (SSSR count). The van der Waals surface area contributed by atoms with E-state index in [0.29, 0.717) is 17.7 Å². The number of fused-ring (bicyclic) bond motifs is 1. The van der Waals surface area contributed by atoms with Crippen molar-refractivity contribution in [3.8, 4) is 0 Å². The van der Waals surface area contributed by atoms with E-state index < -0.39 is 0 Å². The first-order chi connectivity index (χ1) is 9.41. The van der Waals surface area contributed by atoms with Crippen LogP contribution in [0.2, 0.25) is 0 Å². The summed E-state index contributed by atoms with van der Waals surface area (Å²) in [5.41, 5.74) is -0.135. The largest absolute Gasteiger partial charge is 0.330 e. The van der Waals surface area contributed by atoms with E-state index in [4.69, 9.17) is 0 Å². The Morgan fingerprint density at radius 3 is 2.75 bits per heavy atom. The molecule has 6 heteroatoms. The molecule has 1 aromatic heterocycles. The average Bonchev–Trinajstić information content (AvgIpc) is 3.06. The zero-order valence-corrected chi connectivity index (χ0v) is 12.6. The van der Waals surface area contributed by atoms with Gasteiger partial charge in [-0.05, 0) is 25.7 Å². The van der Waals surface area contributed by atoms with Gasteiger partial charge in [0.1, 0.15) is 5.82 Å². The predicted molar refractivity (Wildman–Crippen MR) is 75.4 cm³/mol. The zero-order valence-electron chi connectivity index (χ0n) is 12.6. The number of amides is 1. The molecule has 2 N–H and O–H groups in total. The molecule has 0 spiro atoms. The van der Waals surface area contributed by atoms with Gasteiger partial charge in [-0.1, -0.05) is 13.8 Å². The van der Waals surface area contributed by atoms with Crippen molar-refractivity contribution in [2.45, 2.75) is 39.2 Å². The lowest BCUT2D eigenvalue weighted by atomic mass is 9.85. The molecule has 2 atom stereocenters. The Hall–Kier alpha value is -1.43. The summed E-state index contributed by atoms with van der Waals surface area (Å²) in [6.07, 6.45) is 0. The minimum absolute atomic E-state index is 0.0486. The molecule has 110 valence electrons. The summed E-state index contributed by atoms with van der Waals surface area (Å²) in [5.74, 6) is 2.35. The zero-order chi connectivity index (χ0) is 14.5. The summed E-state index contributed by atoms with van der Waals surface area (Å²) < 4.78 is 0. The fourth-order valence-electron chi connectivity index (χ4n) is 3.51. The molecular formula is C14H23N5O. The van der Waals surface area contributed by atoms with Crippen LogP contribution in [0.1, 0.15) is 50.1 Å². The van der Waals surface area contributed by atoms with Crippen molar-refractivity contribution < 1.29 is 4.79 Å². The van der Waals surface area contributed by atoms with E-state index in [9.17, 15) is 4.79 Å². The lowest BCUT2D eigenvalue weighted by Gasteiger charge is -2.34. The molecule has 0 aliphatic carbocycles. The van der Waals surface area contributed by atoms with Crippen LogP contribution in [0, 0.1) is 11.8 Å². The summed E-state index contributed by atoms with van der Waals surface area (Å²) >= 11 is 0. The number of hydrogen-bond acceptors (Lipinski definition) is 4. The van der Waals surface area contributed by atoms with E-state index in [-0.39, 0.29) is 17.4 Å². The first kappa shape index (κ1) is 13.5. The van der Waals surface area contributed by atoms with Crippen LogP contribution in [0.4, 0.5) is 0 Å². The van der Waals surface area contributed by atoms with Gasteiger partial charge in [-0.2, -0.15) is 0 Å². The van der Waals surface area contributed by atoms with Crippen LogP contribution in [-0.4, -0.2) is 51.2 Å². The fourth-order valence-corrected chi connectivity index (χ4v) is 3.51. The van der Waals surface area contributed by atoms with Gasteiger partial charge in [0.25, 0.3) is 5.91 Å². The van der Waals surface area contributed by atoms with E-state index in [0.717, 1.165) is 25.5 Å². The third kappa shape index (κ3) is 1.93. The molecule has 1 amide bonds. The number of H-pyrrole nitrogens is 1. The van der Waals surface area contributed by atoms with E-state index >= 15 is 0 Å². The Kier molecular flexibility index (Phi) is 3.08. The fraction of sp³-hybridized carbons (Fsp3) is 0.786.